The van der Waals surface area contributed by atoms with Gasteiger partial charge in [-0.05, 0) is 12.8 Å². The summed E-state index contributed by atoms with van der Waals surface area (Å²) in [6, 6.07) is 0. The number of allylic oxidation sites excluding steroid dienone is 1. The molecule has 50 valence electrons. The molecule has 1 rings (SSSR count). The van der Waals surface area contributed by atoms with Gasteiger partial charge in [-0.2, -0.15) is 0 Å². The monoisotopic (exact) mass is 126 g/mol. The Kier molecular flexibility index (Phi) is 1.88. The number of carbonyl (C=O) groups is 1. The second-order valence-electron chi connectivity index (χ2n) is 2.18. The maximum atomic E-state index is 10.7. The first-order chi connectivity index (χ1) is 4.34. The molecule has 9 heavy (non-hydrogen) atoms. The maximum Gasteiger partial charge on any atom is 0.309 e. The zero-order valence-electron chi connectivity index (χ0n) is 5.30. The minimum atomic E-state index is -0.0603. The minimum Gasteiger partial charge on any atom is -0.465 e. The molecule has 0 aromatic heterocycles. The van der Waals surface area contributed by atoms with Crippen LogP contribution in [-0.4, -0.2) is 12.6 Å². The van der Waals surface area contributed by atoms with Crippen LogP contribution >= 0.6 is 0 Å². The molecule has 1 aliphatic heterocycles. The Labute approximate surface area is 54.5 Å². The molecule has 0 aliphatic carbocycles. The van der Waals surface area contributed by atoms with E-state index in [4.69, 9.17) is 4.74 Å². The summed E-state index contributed by atoms with van der Waals surface area (Å²) in [6.45, 7) is 4.15. The normalized spacial score (nSPS) is 25.8. The van der Waals surface area contributed by atoms with E-state index in [0.29, 0.717) is 6.61 Å². The van der Waals surface area contributed by atoms with Gasteiger partial charge < -0.3 is 4.74 Å². The number of esters is 1. The van der Waals surface area contributed by atoms with Crippen LogP contribution in [0.2, 0.25) is 0 Å². The van der Waals surface area contributed by atoms with Crippen LogP contribution in [0.25, 0.3) is 0 Å². The summed E-state index contributed by atoms with van der Waals surface area (Å²) in [5.41, 5.74) is 0. The molecule has 0 radical (unpaired) electrons. The zero-order valence-corrected chi connectivity index (χ0v) is 5.30. The predicted octanol–water partition coefficient (Wildman–Crippen LogP) is 1.13. The molecule has 0 amide bonds. The van der Waals surface area contributed by atoms with Gasteiger partial charge in [-0.25, -0.2) is 0 Å². The molecule has 1 heterocycles. The third kappa shape index (κ3) is 1.31. The zero-order chi connectivity index (χ0) is 6.69. The lowest BCUT2D eigenvalue weighted by molar-refractivity contribution is -0.141. The first-order valence-electron chi connectivity index (χ1n) is 3.12. The topological polar surface area (TPSA) is 26.3 Å². The molecule has 2 nitrogen and oxygen atoms in total. The summed E-state index contributed by atoms with van der Waals surface area (Å²) in [7, 11) is 0. The van der Waals surface area contributed by atoms with Gasteiger partial charge in [0.25, 0.3) is 0 Å². The fraction of sp³-hybridized carbons (Fsp3) is 0.571. The summed E-state index contributed by atoms with van der Waals surface area (Å²) in [4.78, 5) is 10.7. The highest BCUT2D eigenvalue weighted by Crippen LogP contribution is 2.17. The molecular weight excluding hydrogens is 116 g/mol. The molecule has 0 bridgehead atoms. The average molecular weight is 126 g/mol. The Bertz CT molecular complexity index is 129. The van der Waals surface area contributed by atoms with E-state index >= 15 is 0 Å². The summed E-state index contributed by atoms with van der Waals surface area (Å²) in [5.74, 6) is 0.0393. The van der Waals surface area contributed by atoms with Gasteiger partial charge in [-0.1, -0.05) is 6.08 Å². The molecule has 0 aromatic carbocycles. The number of rotatable bonds is 2. The maximum absolute atomic E-state index is 10.7. The first-order valence-corrected chi connectivity index (χ1v) is 3.12. The van der Waals surface area contributed by atoms with Crippen LogP contribution in [0.3, 0.4) is 0 Å². The average Bonchev–Trinajstić information content (AvgIpc) is 2.18. The minimum absolute atomic E-state index is 0.0603. The van der Waals surface area contributed by atoms with Crippen molar-refractivity contribution in [1.82, 2.24) is 0 Å². The Balaban J connectivity index is 2.39. The van der Waals surface area contributed by atoms with E-state index in [1.165, 1.54) is 0 Å². The molecule has 0 N–H and O–H groups in total. The smallest absolute Gasteiger partial charge is 0.309 e. The van der Waals surface area contributed by atoms with Crippen molar-refractivity contribution in [2.45, 2.75) is 12.8 Å². The summed E-state index contributed by atoms with van der Waals surface area (Å²) in [5, 5.41) is 0. The quantitative estimate of drug-likeness (QED) is 0.409. The molecule has 0 spiro atoms. The molecule has 1 saturated heterocycles. The molecular formula is C7H10O2. The standard InChI is InChI=1S/C7H10O2/c1-2-3-6-4-5-9-7(6)8/h2,6H,1,3-5H2/t6-/m1/s1. The van der Waals surface area contributed by atoms with Crippen molar-refractivity contribution in [3.05, 3.63) is 12.7 Å². The van der Waals surface area contributed by atoms with Crippen LogP contribution < -0.4 is 0 Å². The Hall–Kier alpha value is -0.790. The molecule has 1 aliphatic rings. The van der Waals surface area contributed by atoms with Gasteiger partial charge in [0.2, 0.25) is 0 Å². The van der Waals surface area contributed by atoms with Crippen LogP contribution in [0.4, 0.5) is 0 Å². The van der Waals surface area contributed by atoms with Crippen LogP contribution in [0.5, 0.6) is 0 Å². The van der Waals surface area contributed by atoms with Gasteiger partial charge >= 0.3 is 5.97 Å². The van der Waals surface area contributed by atoms with Gasteiger partial charge in [0.1, 0.15) is 0 Å². The van der Waals surface area contributed by atoms with E-state index < -0.39 is 0 Å². The highest BCUT2D eigenvalue weighted by atomic mass is 16.5. The number of cyclic esters (lactones) is 1. The second kappa shape index (κ2) is 2.67. The van der Waals surface area contributed by atoms with Crippen molar-refractivity contribution < 1.29 is 9.53 Å². The Morgan fingerprint density at radius 3 is 3.11 bits per heavy atom. The Morgan fingerprint density at radius 1 is 1.89 bits per heavy atom. The third-order valence-corrected chi connectivity index (χ3v) is 1.50. The number of hydrogen-bond donors (Lipinski definition) is 0. The number of hydrogen-bond acceptors (Lipinski definition) is 2. The second-order valence-corrected chi connectivity index (χ2v) is 2.18. The molecule has 0 saturated carbocycles. The van der Waals surface area contributed by atoms with Crippen molar-refractivity contribution in [2.24, 2.45) is 5.92 Å². The van der Waals surface area contributed by atoms with E-state index in [9.17, 15) is 4.79 Å². The highest BCUT2D eigenvalue weighted by Gasteiger charge is 2.24. The van der Waals surface area contributed by atoms with Crippen molar-refractivity contribution >= 4 is 5.97 Å². The summed E-state index contributed by atoms with van der Waals surface area (Å²) in [6.07, 6.45) is 3.39. The van der Waals surface area contributed by atoms with E-state index in [0.717, 1.165) is 12.8 Å². The SMILES string of the molecule is C=CC[C@@H]1CCOC1=O. The Morgan fingerprint density at radius 2 is 2.67 bits per heavy atom. The first kappa shape index (κ1) is 6.33. The molecule has 1 atom stereocenters. The predicted molar refractivity (Wildman–Crippen MR) is 33.9 cm³/mol. The number of ether oxygens (including phenoxy) is 1. The van der Waals surface area contributed by atoms with Gasteiger partial charge in [0.05, 0.1) is 12.5 Å². The van der Waals surface area contributed by atoms with Crippen LogP contribution in [-0.2, 0) is 9.53 Å². The van der Waals surface area contributed by atoms with E-state index in [-0.39, 0.29) is 11.9 Å². The van der Waals surface area contributed by atoms with Crippen molar-refractivity contribution in [3.63, 3.8) is 0 Å². The largest absolute Gasteiger partial charge is 0.465 e. The molecule has 1 fully saturated rings. The molecule has 0 aromatic rings. The van der Waals surface area contributed by atoms with Crippen molar-refractivity contribution in [3.8, 4) is 0 Å². The molecule has 0 unspecified atom stereocenters. The van der Waals surface area contributed by atoms with Gasteiger partial charge in [0, 0.05) is 0 Å². The van der Waals surface area contributed by atoms with Crippen LogP contribution in [0.15, 0.2) is 12.7 Å². The highest BCUT2D eigenvalue weighted by molar-refractivity contribution is 5.74. The van der Waals surface area contributed by atoms with E-state index in [1.54, 1.807) is 6.08 Å². The summed E-state index contributed by atoms with van der Waals surface area (Å²) < 4.78 is 4.73. The molecule has 2 heteroatoms. The van der Waals surface area contributed by atoms with Crippen molar-refractivity contribution in [2.75, 3.05) is 6.61 Å². The van der Waals surface area contributed by atoms with Gasteiger partial charge in [-0.3, -0.25) is 4.79 Å². The fourth-order valence-corrected chi connectivity index (χ4v) is 0.953. The van der Waals surface area contributed by atoms with Crippen LogP contribution in [0, 0.1) is 5.92 Å². The van der Waals surface area contributed by atoms with E-state index in [1.807, 2.05) is 0 Å². The number of carbonyl (C=O) groups excluding carboxylic acids is 1. The van der Waals surface area contributed by atoms with Crippen molar-refractivity contribution in [1.29, 1.82) is 0 Å². The van der Waals surface area contributed by atoms with Gasteiger partial charge in [-0.15, -0.1) is 6.58 Å². The van der Waals surface area contributed by atoms with Gasteiger partial charge in [0.15, 0.2) is 0 Å². The fourth-order valence-electron chi connectivity index (χ4n) is 0.953. The summed E-state index contributed by atoms with van der Waals surface area (Å²) >= 11 is 0. The lowest BCUT2D eigenvalue weighted by Gasteiger charge is -1.96. The lowest BCUT2D eigenvalue weighted by Crippen LogP contribution is -2.05. The van der Waals surface area contributed by atoms with E-state index in [2.05, 4.69) is 6.58 Å². The lowest BCUT2D eigenvalue weighted by atomic mass is 10.1. The van der Waals surface area contributed by atoms with Crippen LogP contribution in [0.1, 0.15) is 12.8 Å². The third-order valence-electron chi connectivity index (χ3n) is 1.50.